The molecule has 0 fully saturated rings. The minimum atomic E-state index is -0.528. The summed E-state index contributed by atoms with van der Waals surface area (Å²) in [4.78, 5) is 12.5. The van der Waals surface area contributed by atoms with Crippen molar-refractivity contribution in [2.24, 2.45) is 0 Å². The predicted molar refractivity (Wildman–Crippen MR) is 88.3 cm³/mol. The van der Waals surface area contributed by atoms with Crippen LogP contribution in [0.15, 0.2) is 28.7 Å². The summed E-state index contributed by atoms with van der Waals surface area (Å²) >= 11 is 0. The second-order valence-corrected chi connectivity index (χ2v) is 6.16. The van der Waals surface area contributed by atoms with Gasteiger partial charge in [-0.2, -0.15) is 5.10 Å². The second-order valence-electron chi connectivity index (χ2n) is 6.16. The second kappa shape index (κ2) is 6.70. The van der Waals surface area contributed by atoms with Crippen molar-refractivity contribution in [2.75, 3.05) is 0 Å². The first-order valence-electron chi connectivity index (χ1n) is 8.44. The Labute approximate surface area is 148 Å². The quantitative estimate of drug-likeness (QED) is 0.669. The van der Waals surface area contributed by atoms with Gasteiger partial charge in [0.2, 0.25) is 5.89 Å². The number of carbonyl (C=O) groups is 1. The molecule has 134 valence electrons. The smallest absolute Gasteiger partial charge is 0.359 e. The number of nitrogens with zero attached hydrogens (tertiary/aromatic N) is 4. The molecule has 1 aliphatic rings. The van der Waals surface area contributed by atoms with Crippen molar-refractivity contribution >= 4 is 5.97 Å². The molecule has 1 aromatic carbocycles. The number of hydrogen-bond acceptors (Lipinski definition) is 6. The summed E-state index contributed by atoms with van der Waals surface area (Å²) in [6.45, 7) is 1.57. The standard InChI is InChI=1S/C18H17FN4O3/c1-11-20-21-16(26-11)10-25-18(24)17-14-4-2-3-5-15(14)23(22-17)13-8-6-12(19)7-9-13/h6-9H,2-5,10H2,1H3. The van der Waals surface area contributed by atoms with Crippen molar-refractivity contribution in [1.29, 1.82) is 0 Å². The molecule has 3 aromatic rings. The fourth-order valence-electron chi connectivity index (χ4n) is 3.15. The molecule has 2 heterocycles. The molecule has 0 amide bonds. The molecule has 2 aromatic heterocycles. The van der Waals surface area contributed by atoms with Crippen molar-refractivity contribution in [3.8, 4) is 5.69 Å². The van der Waals surface area contributed by atoms with Gasteiger partial charge in [-0.3, -0.25) is 0 Å². The van der Waals surface area contributed by atoms with E-state index in [1.165, 1.54) is 12.1 Å². The highest BCUT2D eigenvalue weighted by atomic mass is 19.1. The van der Waals surface area contributed by atoms with E-state index < -0.39 is 5.97 Å². The van der Waals surface area contributed by atoms with Crippen LogP contribution < -0.4 is 0 Å². The molecule has 0 unspecified atom stereocenters. The summed E-state index contributed by atoms with van der Waals surface area (Å²) in [6.07, 6.45) is 3.59. The Morgan fingerprint density at radius 3 is 2.73 bits per heavy atom. The van der Waals surface area contributed by atoms with Crippen molar-refractivity contribution in [3.63, 3.8) is 0 Å². The summed E-state index contributed by atoms with van der Waals surface area (Å²) in [5, 5.41) is 12.0. The fraction of sp³-hybridized carbons (Fsp3) is 0.333. The van der Waals surface area contributed by atoms with Gasteiger partial charge >= 0.3 is 5.97 Å². The molecule has 0 radical (unpaired) electrons. The summed E-state index contributed by atoms with van der Waals surface area (Å²) in [5.74, 6) is -0.194. The number of benzene rings is 1. The van der Waals surface area contributed by atoms with Crippen LogP contribution in [0.25, 0.3) is 5.69 Å². The lowest BCUT2D eigenvalue weighted by Gasteiger charge is -2.14. The first-order valence-corrected chi connectivity index (χ1v) is 8.44. The Morgan fingerprint density at radius 1 is 1.23 bits per heavy atom. The number of fused-ring (bicyclic) bond motifs is 1. The SMILES string of the molecule is Cc1nnc(COC(=O)c2nn(-c3ccc(F)cc3)c3c2CCCC3)o1. The van der Waals surface area contributed by atoms with E-state index in [9.17, 15) is 9.18 Å². The van der Waals surface area contributed by atoms with Crippen LogP contribution in [0.1, 0.15) is 46.4 Å². The number of aromatic nitrogens is 4. The van der Waals surface area contributed by atoms with Crippen LogP contribution in [0.3, 0.4) is 0 Å². The number of esters is 1. The molecule has 0 N–H and O–H groups in total. The zero-order valence-electron chi connectivity index (χ0n) is 14.2. The molecule has 0 spiro atoms. The summed E-state index contributed by atoms with van der Waals surface area (Å²) in [5.41, 5.74) is 2.88. The number of carbonyl (C=O) groups excluding carboxylic acids is 1. The van der Waals surface area contributed by atoms with Gasteiger partial charge in [0.05, 0.1) is 5.69 Å². The van der Waals surface area contributed by atoms with Gasteiger partial charge < -0.3 is 9.15 Å². The van der Waals surface area contributed by atoms with Gasteiger partial charge in [0, 0.05) is 18.2 Å². The van der Waals surface area contributed by atoms with Gasteiger partial charge in [0.1, 0.15) is 5.82 Å². The maximum Gasteiger partial charge on any atom is 0.359 e. The molecule has 1 aliphatic carbocycles. The third-order valence-corrected chi connectivity index (χ3v) is 4.34. The van der Waals surface area contributed by atoms with E-state index in [2.05, 4.69) is 15.3 Å². The van der Waals surface area contributed by atoms with Crippen molar-refractivity contribution < 1.29 is 18.3 Å². The molecule has 26 heavy (non-hydrogen) atoms. The molecular formula is C18H17FN4O3. The Hall–Kier alpha value is -3.03. The van der Waals surface area contributed by atoms with Gasteiger partial charge in [-0.25, -0.2) is 13.9 Å². The highest BCUT2D eigenvalue weighted by Gasteiger charge is 2.26. The van der Waals surface area contributed by atoms with Crippen LogP contribution in [0.2, 0.25) is 0 Å². The molecule has 8 heteroatoms. The predicted octanol–water partition coefficient (Wildman–Crippen LogP) is 2.94. The fourth-order valence-corrected chi connectivity index (χ4v) is 3.15. The Kier molecular flexibility index (Phi) is 4.24. The number of ether oxygens (including phenoxy) is 1. The van der Waals surface area contributed by atoms with Crippen LogP contribution in [-0.2, 0) is 24.2 Å². The maximum absolute atomic E-state index is 13.2. The molecular weight excluding hydrogens is 339 g/mol. The van der Waals surface area contributed by atoms with Crippen LogP contribution in [0.5, 0.6) is 0 Å². The zero-order valence-corrected chi connectivity index (χ0v) is 14.2. The van der Waals surface area contributed by atoms with E-state index in [-0.39, 0.29) is 18.3 Å². The highest BCUT2D eigenvalue weighted by Crippen LogP contribution is 2.27. The van der Waals surface area contributed by atoms with Gasteiger partial charge in [-0.05, 0) is 49.9 Å². The van der Waals surface area contributed by atoms with Crippen LogP contribution in [-0.4, -0.2) is 25.9 Å². The van der Waals surface area contributed by atoms with Crippen molar-refractivity contribution in [1.82, 2.24) is 20.0 Å². The van der Waals surface area contributed by atoms with E-state index in [1.54, 1.807) is 23.7 Å². The normalized spacial score (nSPS) is 13.5. The molecule has 0 aliphatic heterocycles. The third kappa shape index (κ3) is 3.10. The summed E-state index contributed by atoms with van der Waals surface area (Å²) < 4.78 is 25.4. The van der Waals surface area contributed by atoms with Gasteiger partial charge in [0.25, 0.3) is 5.89 Å². The lowest BCUT2D eigenvalue weighted by molar-refractivity contribution is 0.0428. The molecule has 7 nitrogen and oxygen atoms in total. The van der Waals surface area contributed by atoms with Crippen molar-refractivity contribution in [2.45, 2.75) is 39.2 Å². The number of aryl methyl sites for hydroxylation is 1. The molecule has 0 bridgehead atoms. The lowest BCUT2D eigenvalue weighted by atomic mass is 9.95. The summed E-state index contributed by atoms with van der Waals surface area (Å²) in [6, 6.07) is 6.05. The maximum atomic E-state index is 13.2. The summed E-state index contributed by atoms with van der Waals surface area (Å²) in [7, 11) is 0. The van der Waals surface area contributed by atoms with Crippen LogP contribution in [0, 0.1) is 12.7 Å². The van der Waals surface area contributed by atoms with Crippen LogP contribution >= 0.6 is 0 Å². The average molecular weight is 356 g/mol. The molecule has 0 saturated heterocycles. The average Bonchev–Trinajstić information content (AvgIpc) is 3.24. The molecule has 0 saturated carbocycles. The van der Waals surface area contributed by atoms with Crippen LogP contribution in [0.4, 0.5) is 4.39 Å². The minimum Gasteiger partial charge on any atom is -0.451 e. The number of rotatable bonds is 4. The van der Waals surface area contributed by atoms with E-state index in [4.69, 9.17) is 9.15 Å². The molecule has 4 rings (SSSR count). The van der Waals surface area contributed by atoms with Crippen molar-refractivity contribution in [3.05, 3.63) is 58.8 Å². The Morgan fingerprint density at radius 2 is 2.00 bits per heavy atom. The first-order chi connectivity index (χ1) is 12.6. The number of halogens is 1. The number of hydrogen-bond donors (Lipinski definition) is 0. The zero-order chi connectivity index (χ0) is 18.1. The van der Waals surface area contributed by atoms with Gasteiger partial charge in [0.15, 0.2) is 12.3 Å². The lowest BCUT2D eigenvalue weighted by Crippen LogP contribution is -2.10. The van der Waals surface area contributed by atoms with Gasteiger partial charge in [-0.1, -0.05) is 0 Å². The van der Waals surface area contributed by atoms with E-state index >= 15 is 0 Å². The topological polar surface area (TPSA) is 83.0 Å². The van der Waals surface area contributed by atoms with Gasteiger partial charge in [-0.15, -0.1) is 10.2 Å². The minimum absolute atomic E-state index is 0.0994. The monoisotopic (exact) mass is 356 g/mol. The van der Waals surface area contributed by atoms with E-state index in [0.29, 0.717) is 11.6 Å². The van der Waals surface area contributed by atoms with E-state index in [0.717, 1.165) is 42.6 Å². The molecule has 0 atom stereocenters. The first kappa shape index (κ1) is 16.4. The Balaban J connectivity index is 1.63. The Bertz CT molecular complexity index is 946. The third-order valence-electron chi connectivity index (χ3n) is 4.34. The highest BCUT2D eigenvalue weighted by molar-refractivity contribution is 5.89. The largest absolute Gasteiger partial charge is 0.451 e. The van der Waals surface area contributed by atoms with E-state index in [1.807, 2.05) is 0 Å².